The van der Waals surface area contributed by atoms with Gasteiger partial charge in [-0.15, -0.1) is 0 Å². The highest BCUT2D eigenvalue weighted by Crippen LogP contribution is 2.60. The summed E-state index contributed by atoms with van der Waals surface area (Å²) in [7, 11) is 1.98. The van der Waals surface area contributed by atoms with Gasteiger partial charge in [0.1, 0.15) is 0 Å². The molecule has 1 aromatic carbocycles. The van der Waals surface area contributed by atoms with Gasteiger partial charge in [-0.1, -0.05) is 0 Å². The number of carbonyl (C=O) groups excluding carboxylic acids is 1. The molecule has 0 spiro atoms. The number of carbonyl (C=O) groups is 1. The van der Waals surface area contributed by atoms with Crippen LogP contribution in [-0.2, 0) is 0 Å². The predicted octanol–water partition coefficient (Wildman–Crippen LogP) is 3.85. The first kappa shape index (κ1) is 14.5. The summed E-state index contributed by atoms with van der Waals surface area (Å²) in [6, 6.07) is 5.76. The highest BCUT2D eigenvalue weighted by molar-refractivity contribution is 5.97. The summed E-state index contributed by atoms with van der Waals surface area (Å²) in [4.78, 5) is 22.2. The molecule has 126 valence electrons. The maximum Gasteiger partial charge on any atom is 0.253 e. The number of hydrogen-bond donors (Lipinski definition) is 1. The number of imidazole rings is 1. The number of nitrogens with one attached hydrogen (secondary N) is 1. The number of aromatic nitrogens is 2. The zero-order valence-corrected chi connectivity index (χ0v) is 14.3. The Morgan fingerprint density at radius 1 is 1.21 bits per heavy atom. The summed E-state index contributed by atoms with van der Waals surface area (Å²) in [5.74, 6) is 2.94. The summed E-state index contributed by atoms with van der Waals surface area (Å²) in [5.41, 5.74) is 3.01. The lowest BCUT2D eigenvalue weighted by molar-refractivity contribution is -0.0629. The van der Waals surface area contributed by atoms with Crippen LogP contribution in [0.3, 0.4) is 0 Å². The van der Waals surface area contributed by atoms with Crippen molar-refractivity contribution in [1.82, 2.24) is 14.9 Å². The Hall–Kier alpha value is -1.84. The van der Waals surface area contributed by atoms with Crippen molar-refractivity contribution in [3.63, 3.8) is 0 Å². The maximum atomic E-state index is 12.9. The number of amides is 1. The molecule has 0 radical (unpaired) electrons. The first-order chi connectivity index (χ1) is 11.6. The molecular weight excluding hydrogens is 298 g/mol. The lowest BCUT2D eigenvalue weighted by Crippen LogP contribution is -2.51. The highest BCUT2D eigenvalue weighted by Gasteiger charge is 2.51. The van der Waals surface area contributed by atoms with Gasteiger partial charge in [0.05, 0.1) is 17.4 Å². The summed E-state index contributed by atoms with van der Waals surface area (Å²) < 4.78 is 0. The van der Waals surface area contributed by atoms with E-state index in [2.05, 4.69) is 9.97 Å². The van der Waals surface area contributed by atoms with Gasteiger partial charge in [-0.05, 0) is 79.9 Å². The second-order valence-corrected chi connectivity index (χ2v) is 8.71. The van der Waals surface area contributed by atoms with Crippen LogP contribution in [0.5, 0.6) is 0 Å². The Balaban J connectivity index is 1.36. The number of aromatic amines is 1. The fourth-order valence-corrected chi connectivity index (χ4v) is 6.35. The van der Waals surface area contributed by atoms with Crippen molar-refractivity contribution in [2.45, 2.75) is 38.5 Å². The fraction of sp³-hybridized carbons (Fsp3) is 0.600. The molecule has 4 fully saturated rings. The number of H-pyrrole nitrogens is 1. The number of hydrogen-bond acceptors (Lipinski definition) is 2. The number of fused-ring (bicyclic) bond motifs is 1. The van der Waals surface area contributed by atoms with Crippen LogP contribution in [0.1, 0.15) is 48.9 Å². The third-order valence-corrected chi connectivity index (χ3v) is 6.75. The topological polar surface area (TPSA) is 49.0 Å². The van der Waals surface area contributed by atoms with E-state index in [-0.39, 0.29) is 5.91 Å². The minimum Gasteiger partial charge on any atom is -0.345 e. The van der Waals surface area contributed by atoms with E-state index in [1.165, 1.54) is 38.5 Å². The number of nitrogens with zero attached hydrogens (tertiary/aromatic N) is 2. The third kappa shape index (κ3) is 2.27. The van der Waals surface area contributed by atoms with Gasteiger partial charge >= 0.3 is 0 Å². The molecule has 1 heterocycles. The molecular formula is C20H25N3O. The Morgan fingerprint density at radius 2 is 1.88 bits per heavy atom. The minimum atomic E-state index is 0.141. The molecule has 1 N–H and O–H groups in total. The van der Waals surface area contributed by atoms with Gasteiger partial charge in [0.25, 0.3) is 5.91 Å². The molecule has 6 rings (SSSR count). The van der Waals surface area contributed by atoms with Crippen LogP contribution in [0.15, 0.2) is 24.5 Å². The van der Waals surface area contributed by atoms with Crippen LogP contribution >= 0.6 is 0 Å². The fourth-order valence-electron chi connectivity index (χ4n) is 6.35. The third-order valence-electron chi connectivity index (χ3n) is 6.75. The zero-order chi connectivity index (χ0) is 16.3. The molecule has 0 saturated heterocycles. The van der Waals surface area contributed by atoms with Gasteiger partial charge in [0, 0.05) is 19.2 Å². The smallest absolute Gasteiger partial charge is 0.253 e. The van der Waals surface area contributed by atoms with Crippen LogP contribution < -0.4 is 0 Å². The quantitative estimate of drug-likeness (QED) is 0.932. The van der Waals surface area contributed by atoms with Crippen LogP contribution in [0, 0.1) is 23.2 Å². The maximum absolute atomic E-state index is 12.9. The molecule has 4 nitrogen and oxygen atoms in total. The molecule has 4 bridgehead atoms. The van der Waals surface area contributed by atoms with E-state index in [4.69, 9.17) is 0 Å². The van der Waals surface area contributed by atoms with Crippen molar-refractivity contribution in [1.29, 1.82) is 0 Å². The monoisotopic (exact) mass is 323 g/mol. The van der Waals surface area contributed by atoms with Gasteiger partial charge in [-0.3, -0.25) is 4.79 Å². The summed E-state index contributed by atoms with van der Waals surface area (Å²) in [6.07, 6.45) is 10.1. The number of benzene rings is 1. The van der Waals surface area contributed by atoms with Gasteiger partial charge in [-0.2, -0.15) is 0 Å². The van der Waals surface area contributed by atoms with E-state index in [0.29, 0.717) is 5.41 Å². The molecule has 2 aromatic rings. The second kappa shape index (κ2) is 5.08. The van der Waals surface area contributed by atoms with Crippen LogP contribution in [-0.4, -0.2) is 34.4 Å². The predicted molar refractivity (Wildman–Crippen MR) is 93.7 cm³/mol. The molecule has 1 amide bonds. The molecule has 4 aliphatic carbocycles. The highest BCUT2D eigenvalue weighted by atomic mass is 16.2. The van der Waals surface area contributed by atoms with Gasteiger partial charge in [-0.25, -0.2) is 4.98 Å². The van der Waals surface area contributed by atoms with E-state index in [0.717, 1.165) is 40.9 Å². The van der Waals surface area contributed by atoms with Crippen LogP contribution in [0.25, 0.3) is 11.0 Å². The molecule has 4 aliphatic rings. The van der Waals surface area contributed by atoms with Crippen molar-refractivity contribution in [2.24, 2.45) is 23.2 Å². The molecule has 4 saturated carbocycles. The first-order valence-corrected chi connectivity index (χ1v) is 9.29. The van der Waals surface area contributed by atoms with Crippen molar-refractivity contribution in [3.05, 3.63) is 30.1 Å². The number of rotatable bonds is 3. The normalized spacial score (nSPS) is 34.0. The summed E-state index contributed by atoms with van der Waals surface area (Å²) >= 11 is 0. The second-order valence-electron chi connectivity index (χ2n) is 8.71. The lowest BCUT2D eigenvalue weighted by Gasteiger charge is -2.57. The Bertz CT molecular complexity index is 758. The van der Waals surface area contributed by atoms with E-state index in [1.54, 1.807) is 6.33 Å². The average Bonchev–Trinajstić information content (AvgIpc) is 2.99. The molecule has 24 heavy (non-hydrogen) atoms. The van der Waals surface area contributed by atoms with Gasteiger partial charge in [0.2, 0.25) is 0 Å². The molecule has 0 aliphatic heterocycles. The molecule has 4 heteroatoms. The van der Waals surface area contributed by atoms with Crippen molar-refractivity contribution < 1.29 is 4.79 Å². The van der Waals surface area contributed by atoms with E-state index >= 15 is 0 Å². The average molecular weight is 323 g/mol. The van der Waals surface area contributed by atoms with E-state index < -0.39 is 0 Å². The zero-order valence-electron chi connectivity index (χ0n) is 14.3. The van der Waals surface area contributed by atoms with Crippen molar-refractivity contribution in [3.8, 4) is 0 Å². The van der Waals surface area contributed by atoms with Crippen molar-refractivity contribution in [2.75, 3.05) is 13.6 Å². The first-order valence-electron chi connectivity index (χ1n) is 9.29. The SMILES string of the molecule is CN(CC12CC3CC(CC(C3)C1)C2)C(=O)c1ccc2nc[nH]c2c1. The Morgan fingerprint density at radius 3 is 2.54 bits per heavy atom. The largest absolute Gasteiger partial charge is 0.345 e. The molecule has 0 unspecified atom stereocenters. The van der Waals surface area contributed by atoms with E-state index in [1.807, 2.05) is 30.1 Å². The van der Waals surface area contributed by atoms with Crippen LogP contribution in [0.4, 0.5) is 0 Å². The Labute approximate surface area is 142 Å². The van der Waals surface area contributed by atoms with E-state index in [9.17, 15) is 4.79 Å². The van der Waals surface area contributed by atoms with Crippen molar-refractivity contribution >= 4 is 16.9 Å². The standard InChI is InChI=1S/C20H25N3O/c1-23(19(24)16-2-3-17-18(7-16)22-12-21-17)11-20-8-13-4-14(9-20)6-15(5-13)10-20/h2-3,7,12-15H,4-6,8-11H2,1H3,(H,21,22). The molecule has 0 atom stereocenters. The Kier molecular flexibility index (Phi) is 3.07. The van der Waals surface area contributed by atoms with Crippen LogP contribution in [0.2, 0.25) is 0 Å². The van der Waals surface area contributed by atoms with Gasteiger partial charge < -0.3 is 9.88 Å². The summed E-state index contributed by atoms with van der Waals surface area (Å²) in [6.45, 7) is 0.927. The minimum absolute atomic E-state index is 0.141. The summed E-state index contributed by atoms with van der Waals surface area (Å²) in [5, 5.41) is 0. The molecule has 1 aromatic heterocycles. The van der Waals surface area contributed by atoms with Gasteiger partial charge in [0.15, 0.2) is 0 Å². The lowest BCUT2D eigenvalue weighted by atomic mass is 9.49.